The molecule has 0 bridgehead atoms. The Morgan fingerprint density at radius 1 is 0.848 bits per heavy atom. The first kappa shape index (κ1) is 21.2. The van der Waals surface area contributed by atoms with E-state index in [1.165, 1.54) is 0 Å². The Morgan fingerprint density at radius 2 is 1.39 bits per heavy atom. The van der Waals surface area contributed by atoms with Crippen LogP contribution in [0.5, 0.6) is 5.75 Å². The van der Waals surface area contributed by atoms with Crippen molar-refractivity contribution in [3.05, 3.63) is 82.2 Å². The topological polar surface area (TPSA) is 83.9 Å². The molecule has 0 fully saturated rings. The van der Waals surface area contributed by atoms with Gasteiger partial charge in [-0.05, 0) is 67.6 Å². The number of ether oxygens (including phenoxy) is 1. The van der Waals surface area contributed by atoms with Gasteiger partial charge in [-0.25, -0.2) is 4.79 Å². The number of carboxylic acids is 1. The van der Waals surface area contributed by atoms with Gasteiger partial charge >= 0.3 is 5.97 Å². The number of hydrogen-bond donors (Lipinski definition) is 1. The molecule has 0 spiro atoms. The lowest BCUT2D eigenvalue weighted by atomic mass is 9.71. The zero-order valence-electron chi connectivity index (χ0n) is 18.5. The molecule has 0 atom stereocenters. The highest BCUT2D eigenvalue weighted by Gasteiger charge is 2.43. The van der Waals surface area contributed by atoms with Crippen LogP contribution in [0, 0.1) is 0 Å². The lowest BCUT2D eigenvalue weighted by Gasteiger charge is -2.44. The summed E-state index contributed by atoms with van der Waals surface area (Å²) in [6.07, 6.45) is 3.92. The van der Waals surface area contributed by atoms with Crippen LogP contribution in [0.1, 0.15) is 60.4 Å². The van der Waals surface area contributed by atoms with Crippen molar-refractivity contribution >= 4 is 23.2 Å². The Bertz CT molecular complexity index is 1160. The van der Waals surface area contributed by atoms with E-state index in [2.05, 4.69) is 4.90 Å². The molecule has 5 rings (SSSR count). The number of anilines is 1. The minimum Gasteiger partial charge on any atom is -0.497 e. The number of rotatable bonds is 4. The molecule has 6 heteroatoms. The molecule has 0 saturated heterocycles. The average Bonchev–Trinajstić information content (AvgIpc) is 2.83. The molecule has 0 unspecified atom stereocenters. The first-order valence-electron chi connectivity index (χ1n) is 11.3. The Kier molecular flexibility index (Phi) is 5.36. The fraction of sp³-hybridized carbons (Fsp3) is 0.296. The number of Topliss-reactive ketones (excluding diaryl/α,β-unsaturated/α-hetero) is 2. The minimum absolute atomic E-state index is 0.0779. The van der Waals surface area contributed by atoms with E-state index in [9.17, 15) is 19.5 Å². The van der Waals surface area contributed by atoms with Gasteiger partial charge in [0.2, 0.25) is 0 Å². The first-order chi connectivity index (χ1) is 16.0. The molecule has 2 aliphatic carbocycles. The highest BCUT2D eigenvalue weighted by Crippen LogP contribution is 2.50. The molecule has 0 saturated carbocycles. The van der Waals surface area contributed by atoms with E-state index in [1.807, 2.05) is 24.3 Å². The van der Waals surface area contributed by atoms with Gasteiger partial charge in [0.25, 0.3) is 0 Å². The van der Waals surface area contributed by atoms with Crippen molar-refractivity contribution < 1.29 is 24.2 Å². The maximum atomic E-state index is 13.3. The minimum atomic E-state index is -0.986. The van der Waals surface area contributed by atoms with Crippen molar-refractivity contribution in [1.29, 1.82) is 0 Å². The third-order valence-corrected chi connectivity index (χ3v) is 6.80. The smallest absolute Gasteiger partial charge is 0.335 e. The standard InChI is InChI=1S/C27H25NO5/c1-33-19-14-10-16(11-15-19)24-25-20(4-2-6-22(25)29)28(21-5-3-7-23(30)26(21)24)18-12-8-17(9-13-18)27(31)32/h8-15,24H,2-7H2,1H3,(H,31,32). The van der Waals surface area contributed by atoms with Crippen LogP contribution in [-0.4, -0.2) is 29.8 Å². The van der Waals surface area contributed by atoms with Crippen LogP contribution in [0.2, 0.25) is 0 Å². The molecule has 2 aromatic rings. The van der Waals surface area contributed by atoms with E-state index in [0.717, 1.165) is 54.1 Å². The number of carbonyl (C=O) groups excluding carboxylic acids is 2. The monoisotopic (exact) mass is 443 g/mol. The fourth-order valence-electron chi connectivity index (χ4n) is 5.31. The zero-order chi connectivity index (χ0) is 23.1. The van der Waals surface area contributed by atoms with Crippen LogP contribution in [-0.2, 0) is 9.59 Å². The summed E-state index contributed by atoms with van der Waals surface area (Å²) in [6.45, 7) is 0. The first-order valence-corrected chi connectivity index (χ1v) is 11.3. The Hall–Kier alpha value is -3.67. The van der Waals surface area contributed by atoms with Gasteiger partial charge in [-0.15, -0.1) is 0 Å². The maximum absolute atomic E-state index is 13.3. The van der Waals surface area contributed by atoms with Gasteiger partial charge < -0.3 is 14.7 Å². The van der Waals surface area contributed by atoms with Gasteiger partial charge in [0, 0.05) is 47.0 Å². The highest BCUT2D eigenvalue weighted by molar-refractivity contribution is 6.07. The second-order valence-electron chi connectivity index (χ2n) is 8.67. The second kappa shape index (κ2) is 8.35. The third-order valence-electron chi connectivity index (χ3n) is 6.80. The zero-order valence-corrected chi connectivity index (χ0v) is 18.5. The molecule has 0 amide bonds. The summed E-state index contributed by atoms with van der Waals surface area (Å²) in [5.41, 5.74) is 5.17. The Morgan fingerprint density at radius 3 is 1.88 bits per heavy atom. The van der Waals surface area contributed by atoms with E-state index in [-0.39, 0.29) is 23.0 Å². The summed E-state index contributed by atoms with van der Waals surface area (Å²) in [7, 11) is 1.61. The normalized spacial score (nSPS) is 18.9. The third kappa shape index (κ3) is 3.55. The van der Waals surface area contributed by atoms with Crippen molar-refractivity contribution in [2.45, 2.75) is 44.4 Å². The molecule has 33 heavy (non-hydrogen) atoms. The van der Waals surface area contributed by atoms with Gasteiger partial charge in [0.05, 0.1) is 12.7 Å². The van der Waals surface area contributed by atoms with Crippen LogP contribution in [0.3, 0.4) is 0 Å². The molecular formula is C27H25NO5. The van der Waals surface area contributed by atoms with Gasteiger partial charge in [-0.2, -0.15) is 0 Å². The van der Waals surface area contributed by atoms with Crippen LogP contribution in [0.4, 0.5) is 5.69 Å². The Labute approximate surface area is 192 Å². The van der Waals surface area contributed by atoms with Crippen LogP contribution in [0.25, 0.3) is 0 Å². The summed E-state index contributed by atoms with van der Waals surface area (Å²) < 4.78 is 5.31. The van der Waals surface area contributed by atoms with Crippen molar-refractivity contribution in [1.82, 2.24) is 0 Å². The molecule has 2 aromatic carbocycles. The molecule has 0 radical (unpaired) electrons. The molecule has 1 N–H and O–H groups in total. The van der Waals surface area contributed by atoms with Crippen LogP contribution >= 0.6 is 0 Å². The number of carbonyl (C=O) groups is 3. The number of nitrogens with zero attached hydrogens (tertiary/aromatic N) is 1. The number of carboxylic acid groups (broad SMARTS) is 1. The predicted molar refractivity (Wildman–Crippen MR) is 123 cm³/mol. The van der Waals surface area contributed by atoms with E-state index < -0.39 is 5.97 Å². The second-order valence-corrected chi connectivity index (χ2v) is 8.67. The van der Waals surface area contributed by atoms with E-state index in [0.29, 0.717) is 24.0 Å². The van der Waals surface area contributed by atoms with Crippen LogP contribution in [0.15, 0.2) is 71.1 Å². The van der Waals surface area contributed by atoms with Gasteiger partial charge in [0.15, 0.2) is 11.6 Å². The lowest BCUT2D eigenvalue weighted by molar-refractivity contribution is -0.116. The summed E-state index contributed by atoms with van der Waals surface area (Å²) >= 11 is 0. The summed E-state index contributed by atoms with van der Waals surface area (Å²) in [5, 5.41) is 9.30. The molecule has 0 aromatic heterocycles. The highest BCUT2D eigenvalue weighted by atomic mass is 16.5. The fourth-order valence-corrected chi connectivity index (χ4v) is 5.31. The average molecular weight is 443 g/mol. The summed E-state index contributed by atoms with van der Waals surface area (Å²) in [4.78, 5) is 40.0. The number of aromatic carboxylic acids is 1. The molecule has 6 nitrogen and oxygen atoms in total. The number of allylic oxidation sites excluding steroid dienone is 4. The molecule has 3 aliphatic rings. The van der Waals surface area contributed by atoms with Gasteiger partial charge in [-0.1, -0.05) is 12.1 Å². The number of hydrogen-bond acceptors (Lipinski definition) is 5. The van der Waals surface area contributed by atoms with Crippen molar-refractivity contribution in [2.24, 2.45) is 0 Å². The SMILES string of the molecule is COc1ccc(C2C3=C(CCCC3=O)N(c3ccc(C(=O)O)cc3)C3=C2C(=O)CCC3)cc1. The van der Waals surface area contributed by atoms with Crippen molar-refractivity contribution in [3.63, 3.8) is 0 Å². The van der Waals surface area contributed by atoms with Crippen molar-refractivity contribution in [3.8, 4) is 5.75 Å². The number of ketones is 2. The van der Waals surface area contributed by atoms with E-state index in [4.69, 9.17) is 4.74 Å². The van der Waals surface area contributed by atoms with E-state index in [1.54, 1.807) is 31.4 Å². The summed E-state index contributed by atoms with van der Waals surface area (Å²) in [5.74, 6) is -0.484. The molecular weight excluding hydrogens is 418 g/mol. The maximum Gasteiger partial charge on any atom is 0.335 e. The number of benzene rings is 2. The quantitative estimate of drug-likeness (QED) is 0.715. The molecule has 168 valence electrons. The van der Waals surface area contributed by atoms with Crippen molar-refractivity contribution in [2.75, 3.05) is 12.0 Å². The number of methoxy groups -OCH3 is 1. The summed E-state index contributed by atoms with van der Waals surface area (Å²) in [6, 6.07) is 14.3. The van der Waals surface area contributed by atoms with E-state index >= 15 is 0 Å². The molecule has 1 aliphatic heterocycles. The largest absolute Gasteiger partial charge is 0.497 e. The Balaban J connectivity index is 1.72. The van der Waals surface area contributed by atoms with Gasteiger partial charge in [-0.3, -0.25) is 9.59 Å². The predicted octanol–water partition coefficient (Wildman–Crippen LogP) is 5.01. The van der Waals surface area contributed by atoms with Crippen LogP contribution < -0.4 is 9.64 Å². The van der Waals surface area contributed by atoms with Gasteiger partial charge in [0.1, 0.15) is 5.75 Å². The lowest BCUT2D eigenvalue weighted by Crippen LogP contribution is -2.39. The molecule has 1 heterocycles.